The first-order valence-corrected chi connectivity index (χ1v) is 12.6. The van der Waals surface area contributed by atoms with Crippen molar-refractivity contribution in [1.29, 1.82) is 0 Å². The van der Waals surface area contributed by atoms with Crippen molar-refractivity contribution in [3.8, 4) is 5.75 Å². The van der Waals surface area contributed by atoms with Gasteiger partial charge in [0.15, 0.2) is 0 Å². The standard InChI is InChI=1S/C27H35N3O2/c1-32-23-7-8-25-19(17-23)9-13-28(25)14-10-26(31)30-12-4-5-20-15-21-16-22(27(20)30)18-29-11-3-2-6-24(21)29/h7-9,13,15,17,21-22,24,27H,2-6,10-12,14,16,18H2,1H3/t21-,22+,24+,27-/m0/s1. The van der Waals surface area contributed by atoms with E-state index in [0.717, 1.165) is 42.6 Å². The van der Waals surface area contributed by atoms with E-state index in [4.69, 9.17) is 4.74 Å². The number of aryl methyl sites for hydroxylation is 1. The highest BCUT2D eigenvalue weighted by molar-refractivity contribution is 5.82. The van der Waals surface area contributed by atoms with Gasteiger partial charge in [-0.25, -0.2) is 0 Å². The Balaban J connectivity index is 1.18. The number of piperidine rings is 3. The number of likely N-dealkylation sites (tertiary alicyclic amines) is 1. The van der Waals surface area contributed by atoms with Crippen molar-refractivity contribution in [2.75, 3.05) is 26.7 Å². The first-order valence-electron chi connectivity index (χ1n) is 12.6. The number of hydrogen-bond acceptors (Lipinski definition) is 3. The Labute approximate surface area is 191 Å². The molecule has 32 heavy (non-hydrogen) atoms. The van der Waals surface area contributed by atoms with Crippen molar-refractivity contribution in [1.82, 2.24) is 14.4 Å². The summed E-state index contributed by atoms with van der Waals surface area (Å²) in [7, 11) is 1.70. The maximum absolute atomic E-state index is 13.5. The SMILES string of the molecule is COc1ccc2c(ccn2CCC(=O)N2CCCC3=C[C@H]4C[C@H](CN5CCCC[C@H]45)[C@H]32)c1. The molecule has 1 aromatic carbocycles. The minimum atomic E-state index is 0.329. The lowest BCUT2D eigenvalue weighted by molar-refractivity contribution is -0.136. The number of fused-ring (bicyclic) bond motifs is 7. The Hall–Kier alpha value is -2.27. The molecule has 0 spiro atoms. The molecule has 1 aromatic heterocycles. The normalized spacial score (nSPS) is 29.9. The molecule has 4 heterocycles. The zero-order chi connectivity index (χ0) is 21.7. The Bertz CT molecular complexity index is 1040. The molecule has 4 aliphatic rings. The molecule has 0 radical (unpaired) electrons. The average Bonchev–Trinajstić information content (AvgIpc) is 3.24. The van der Waals surface area contributed by atoms with Crippen molar-refractivity contribution >= 4 is 16.8 Å². The number of carbonyl (C=O) groups excluding carboxylic acids is 1. The van der Waals surface area contributed by atoms with E-state index >= 15 is 0 Å². The van der Waals surface area contributed by atoms with Gasteiger partial charge in [-0.15, -0.1) is 0 Å². The average molecular weight is 434 g/mol. The summed E-state index contributed by atoms with van der Waals surface area (Å²) in [4.78, 5) is 18.5. The molecule has 170 valence electrons. The maximum atomic E-state index is 13.5. The van der Waals surface area contributed by atoms with Gasteiger partial charge in [0.2, 0.25) is 5.91 Å². The smallest absolute Gasteiger partial charge is 0.224 e. The number of methoxy groups -OCH3 is 1. The van der Waals surface area contributed by atoms with Crippen LogP contribution in [-0.4, -0.2) is 59.1 Å². The predicted octanol–water partition coefficient (Wildman–Crippen LogP) is 4.46. The molecule has 1 aliphatic carbocycles. The van der Waals surface area contributed by atoms with Crippen LogP contribution >= 0.6 is 0 Å². The first-order chi connectivity index (χ1) is 15.7. The van der Waals surface area contributed by atoms with Gasteiger partial charge in [-0.05, 0) is 74.8 Å². The van der Waals surface area contributed by atoms with Gasteiger partial charge in [0, 0.05) is 49.2 Å². The van der Waals surface area contributed by atoms with E-state index in [0.29, 0.717) is 24.3 Å². The van der Waals surface area contributed by atoms with Gasteiger partial charge in [0.25, 0.3) is 0 Å². The number of aromatic nitrogens is 1. The third-order valence-corrected chi connectivity index (χ3v) is 8.52. The summed E-state index contributed by atoms with van der Waals surface area (Å²) in [5, 5.41) is 1.16. The second kappa shape index (κ2) is 8.26. The Kier molecular flexibility index (Phi) is 5.25. The van der Waals surface area contributed by atoms with Crippen LogP contribution in [0.15, 0.2) is 42.1 Å². The van der Waals surface area contributed by atoms with E-state index < -0.39 is 0 Å². The van der Waals surface area contributed by atoms with Crippen molar-refractivity contribution in [2.24, 2.45) is 11.8 Å². The number of hydrogen-bond donors (Lipinski definition) is 0. The lowest BCUT2D eigenvalue weighted by atomic mass is 9.68. The monoisotopic (exact) mass is 433 g/mol. The zero-order valence-corrected chi connectivity index (χ0v) is 19.2. The van der Waals surface area contributed by atoms with Gasteiger partial charge in [-0.1, -0.05) is 18.1 Å². The molecule has 5 nitrogen and oxygen atoms in total. The highest BCUT2D eigenvalue weighted by Crippen LogP contribution is 2.45. The zero-order valence-electron chi connectivity index (χ0n) is 19.2. The summed E-state index contributed by atoms with van der Waals surface area (Å²) >= 11 is 0. The van der Waals surface area contributed by atoms with Gasteiger partial charge >= 0.3 is 0 Å². The van der Waals surface area contributed by atoms with E-state index in [-0.39, 0.29) is 0 Å². The Morgan fingerprint density at radius 3 is 3.00 bits per heavy atom. The van der Waals surface area contributed by atoms with Crippen LogP contribution in [0.2, 0.25) is 0 Å². The highest BCUT2D eigenvalue weighted by atomic mass is 16.5. The third-order valence-electron chi connectivity index (χ3n) is 8.52. The quantitative estimate of drug-likeness (QED) is 0.668. The van der Waals surface area contributed by atoms with E-state index in [1.807, 2.05) is 6.07 Å². The fourth-order valence-electron chi connectivity index (χ4n) is 7.11. The minimum Gasteiger partial charge on any atom is -0.497 e. The van der Waals surface area contributed by atoms with Crippen molar-refractivity contribution in [3.63, 3.8) is 0 Å². The number of carbonyl (C=O) groups is 1. The molecule has 3 aliphatic heterocycles. The lowest BCUT2D eigenvalue weighted by Gasteiger charge is -2.54. The van der Waals surface area contributed by atoms with E-state index in [9.17, 15) is 4.79 Å². The summed E-state index contributed by atoms with van der Waals surface area (Å²) in [5.41, 5.74) is 2.75. The van der Waals surface area contributed by atoms with Gasteiger partial charge in [-0.2, -0.15) is 0 Å². The molecule has 5 heteroatoms. The number of amides is 1. The van der Waals surface area contributed by atoms with Gasteiger partial charge in [0.05, 0.1) is 13.2 Å². The summed E-state index contributed by atoms with van der Waals surface area (Å²) in [6.07, 6.45) is 13.0. The molecule has 0 saturated carbocycles. The summed E-state index contributed by atoms with van der Waals surface area (Å²) in [5.74, 6) is 2.55. The molecule has 4 atom stereocenters. The second-order valence-corrected chi connectivity index (χ2v) is 10.3. The lowest BCUT2D eigenvalue weighted by Crippen LogP contribution is -2.60. The molecular weight excluding hydrogens is 398 g/mol. The number of rotatable bonds is 4. The predicted molar refractivity (Wildman–Crippen MR) is 127 cm³/mol. The second-order valence-electron chi connectivity index (χ2n) is 10.3. The maximum Gasteiger partial charge on any atom is 0.224 e. The fourth-order valence-corrected chi connectivity index (χ4v) is 7.11. The molecule has 0 unspecified atom stereocenters. The number of ether oxygens (including phenoxy) is 1. The first kappa shape index (κ1) is 20.3. The van der Waals surface area contributed by atoms with Crippen LogP contribution in [0.1, 0.15) is 44.9 Å². The molecule has 3 saturated heterocycles. The highest BCUT2D eigenvalue weighted by Gasteiger charge is 2.46. The molecular formula is C27H35N3O2. The molecule has 6 rings (SSSR count). The molecule has 0 N–H and O–H groups in total. The fraction of sp³-hybridized carbons (Fsp3) is 0.593. The summed E-state index contributed by atoms with van der Waals surface area (Å²) < 4.78 is 7.56. The summed E-state index contributed by atoms with van der Waals surface area (Å²) in [6, 6.07) is 9.38. The number of nitrogens with zero attached hydrogens (tertiary/aromatic N) is 3. The van der Waals surface area contributed by atoms with Crippen LogP contribution in [0.25, 0.3) is 10.9 Å². The van der Waals surface area contributed by atoms with E-state index in [1.165, 1.54) is 50.7 Å². The van der Waals surface area contributed by atoms with Crippen LogP contribution in [0.5, 0.6) is 5.75 Å². The topological polar surface area (TPSA) is 37.7 Å². The van der Waals surface area contributed by atoms with Crippen molar-refractivity contribution < 1.29 is 9.53 Å². The van der Waals surface area contributed by atoms with Gasteiger partial charge in [0.1, 0.15) is 5.75 Å². The van der Waals surface area contributed by atoms with Crippen LogP contribution in [0, 0.1) is 11.8 Å². The summed E-state index contributed by atoms with van der Waals surface area (Å²) in [6.45, 7) is 4.11. The van der Waals surface area contributed by atoms with Crippen LogP contribution in [0.4, 0.5) is 0 Å². The minimum absolute atomic E-state index is 0.329. The van der Waals surface area contributed by atoms with Crippen LogP contribution < -0.4 is 4.74 Å². The van der Waals surface area contributed by atoms with Crippen LogP contribution in [0.3, 0.4) is 0 Å². The van der Waals surface area contributed by atoms with Gasteiger partial charge in [-0.3, -0.25) is 9.69 Å². The molecule has 3 fully saturated rings. The number of benzene rings is 1. The molecule has 2 bridgehead atoms. The largest absolute Gasteiger partial charge is 0.497 e. The molecule has 2 aromatic rings. The third kappa shape index (κ3) is 3.45. The van der Waals surface area contributed by atoms with E-state index in [1.54, 1.807) is 12.7 Å². The van der Waals surface area contributed by atoms with E-state index in [2.05, 4.69) is 44.8 Å². The Morgan fingerprint density at radius 2 is 2.09 bits per heavy atom. The van der Waals surface area contributed by atoms with Crippen LogP contribution in [-0.2, 0) is 11.3 Å². The van der Waals surface area contributed by atoms with Crippen molar-refractivity contribution in [2.45, 2.75) is 63.6 Å². The Morgan fingerprint density at radius 1 is 1.16 bits per heavy atom. The van der Waals surface area contributed by atoms with Gasteiger partial charge < -0.3 is 14.2 Å². The van der Waals surface area contributed by atoms with Crippen molar-refractivity contribution in [3.05, 3.63) is 42.1 Å². The molecule has 1 amide bonds.